The Labute approximate surface area is 132 Å². The summed E-state index contributed by atoms with van der Waals surface area (Å²) in [4.78, 5) is 14.2. The van der Waals surface area contributed by atoms with Crippen molar-refractivity contribution < 1.29 is 4.79 Å². The summed E-state index contributed by atoms with van der Waals surface area (Å²) in [6.45, 7) is 3.13. The topological polar surface area (TPSA) is 32.3 Å². The smallest absolute Gasteiger partial charge is 0.222 e. The lowest BCUT2D eigenvalue weighted by Crippen LogP contribution is -2.36. The Morgan fingerprint density at radius 2 is 2.29 bits per heavy atom. The van der Waals surface area contributed by atoms with Crippen molar-refractivity contribution in [2.24, 2.45) is 0 Å². The van der Waals surface area contributed by atoms with Crippen molar-refractivity contribution in [3.05, 3.63) is 34.9 Å². The van der Waals surface area contributed by atoms with Crippen LogP contribution < -0.4 is 5.32 Å². The lowest BCUT2D eigenvalue weighted by atomic mass is 10.00. The first-order valence-electron chi connectivity index (χ1n) is 7.82. The third-order valence-electron chi connectivity index (χ3n) is 4.42. The van der Waals surface area contributed by atoms with Gasteiger partial charge in [0.05, 0.1) is 6.04 Å². The van der Waals surface area contributed by atoms with Crippen molar-refractivity contribution in [1.29, 1.82) is 0 Å². The second kappa shape index (κ2) is 7.81. The highest BCUT2D eigenvalue weighted by Crippen LogP contribution is 2.23. The Morgan fingerprint density at radius 3 is 2.95 bits per heavy atom. The largest absolute Gasteiger partial charge is 0.339 e. The zero-order valence-electron chi connectivity index (χ0n) is 12.9. The normalized spacial score (nSPS) is 20.0. The van der Waals surface area contributed by atoms with Crippen molar-refractivity contribution in [3.63, 3.8) is 0 Å². The summed E-state index contributed by atoms with van der Waals surface area (Å²) in [7, 11) is 1.88. The van der Waals surface area contributed by atoms with Crippen LogP contribution in [0.15, 0.2) is 24.3 Å². The maximum atomic E-state index is 12.4. The Balaban J connectivity index is 1.86. The standard InChI is InChI=1S/C17H25ClN2O/c1-13(14-6-5-7-15(18)12-14)20(2)17(21)10-9-16-8-3-4-11-19-16/h5-7,12-13,16,19H,3-4,8-11H2,1-2H3. The number of halogens is 1. The molecule has 0 radical (unpaired) electrons. The van der Waals surface area contributed by atoms with Crippen LogP contribution >= 0.6 is 11.6 Å². The highest BCUT2D eigenvalue weighted by atomic mass is 35.5. The molecule has 1 aromatic carbocycles. The van der Waals surface area contributed by atoms with E-state index in [4.69, 9.17) is 11.6 Å². The summed E-state index contributed by atoms with van der Waals surface area (Å²) in [5.74, 6) is 0.204. The van der Waals surface area contributed by atoms with E-state index in [-0.39, 0.29) is 11.9 Å². The van der Waals surface area contributed by atoms with Gasteiger partial charge in [0.2, 0.25) is 5.91 Å². The molecule has 0 aromatic heterocycles. The number of carbonyl (C=O) groups is 1. The highest BCUT2D eigenvalue weighted by Gasteiger charge is 2.19. The van der Waals surface area contributed by atoms with Gasteiger partial charge < -0.3 is 10.2 Å². The number of nitrogens with zero attached hydrogens (tertiary/aromatic N) is 1. The Bertz CT molecular complexity index is 472. The van der Waals surface area contributed by atoms with Crippen molar-refractivity contribution in [3.8, 4) is 0 Å². The van der Waals surface area contributed by atoms with Crippen LogP contribution in [0.3, 0.4) is 0 Å². The zero-order chi connectivity index (χ0) is 15.2. The molecule has 2 rings (SSSR count). The van der Waals surface area contributed by atoms with E-state index in [0.717, 1.165) is 18.5 Å². The minimum atomic E-state index is 0.0514. The summed E-state index contributed by atoms with van der Waals surface area (Å²) in [6.07, 6.45) is 5.28. The van der Waals surface area contributed by atoms with Crippen LogP contribution in [0.5, 0.6) is 0 Å². The molecule has 1 aliphatic heterocycles. The minimum absolute atomic E-state index is 0.0514. The van der Waals surface area contributed by atoms with Crippen LogP contribution in [-0.2, 0) is 4.79 Å². The summed E-state index contributed by atoms with van der Waals surface area (Å²) in [5, 5.41) is 4.21. The number of rotatable bonds is 5. The monoisotopic (exact) mass is 308 g/mol. The van der Waals surface area contributed by atoms with E-state index >= 15 is 0 Å². The molecule has 0 bridgehead atoms. The molecular weight excluding hydrogens is 284 g/mol. The maximum Gasteiger partial charge on any atom is 0.222 e. The summed E-state index contributed by atoms with van der Waals surface area (Å²) in [5.41, 5.74) is 1.08. The number of carbonyl (C=O) groups excluding carboxylic acids is 1. The highest BCUT2D eigenvalue weighted by molar-refractivity contribution is 6.30. The van der Waals surface area contributed by atoms with Crippen molar-refractivity contribution in [1.82, 2.24) is 10.2 Å². The third-order valence-corrected chi connectivity index (χ3v) is 4.66. The van der Waals surface area contributed by atoms with Gasteiger partial charge in [0.1, 0.15) is 0 Å². The molecule has 21 heavy (non-hydrogen) atoms. The number of hydrogen-bond acceptors (Lipinski definition) is 2. The Hall–Kier alpha value is -1.06. The molecule has 4 heteroatoms. The first kappa shape index (κ1) is 16.3. The van der Waals surface area contributed by atoms with Gasteiger partial charge in [-0.3, -0.25) is 4.79 Å². The molecule has 1 aliphatic rings. The maximum absolute atomic E-state index is 12.4. The van der Waals surface area contributed by atoms with E-state index < -0.39 is 0 Å². The number of piperidine rings is 1. The first-order chi connectivity index (χ1) is 10.1. The number of hydrogen-bond donors (Lipinski definition) is 1. The lowest BCUT2D eigenvalue weighted by molar-refractivity contribution is -0.132. The molecule has 0 spiro atoms. The molecule has 1 saturated heterocycles. The number of benzene rings is 1. The van der Waals surface area contributed by atoms with Gasteiger partial charge in [-0.15, -0.1) is 0 Å². The molecule has 2 atom stereocenters. The SMILES string of the molecule is CC(c1cccc(Cl)c1)N(C)C(=O)CCC1CCCCN1. The van der Waals surface area contributed by atoms with Crippen LogP contribution in [0.25, 0.3) is 0 Å². The molecule has 2 unspecified atom stereocenters. The lowest BCUT2D eigenvalue weighted by Gasteiger charge is -2.27. The second-order valence-corrected chi connectivity index (χ2v) is 6.36. The fourth-order valence-electron chi connectivity index (χ4n) is 2.85. The van der Waals surface area contributed by atoms with Gasteiger partial charge in [-0.1, -0.05) is 30.2 Å². The van der Waals surface area contributed by atoms with Gasteiger partial charge in [-0.25, -0.2) is 0 Å². The molecule has 116 valence electrons. The van der Waals surface area contributed by atoms with Gasteiger partial charge in [0.15, 0.2) is 0 Å². The van der Waals surface area contributed by atoms with Crippen molar-refractivity contribution in [2.45, 2.75) is 51.1 Å². The number of nitrogens with one attached hydrogen (secondary N) is 1. The molecular formula is C17H25ClN2O. The average molecular weight is 309 g/mol. The molecule has 1 N–H and O–H groups in total. The molecule has 1 aromatic rings. The quantitative estimate of drug-likeness (QED) is 0.897. The molecule has 1 amide bonds. The Kier molecular flexibility index (Phi) is 6.07. The number of amides is 1. The van der Waals surface area contributed by atoms with Crippen LogP contribution in [0.1, 0.15) is 50.6 Å². The molecule has 1 fully saturated rings. The molecule has 0 aliphatic carbocycles. The first-order valence-corrected chi connectivity index (χ1v) is 8.20. The summed E-state index contributed by atoms with van der Waals surface area (Å²) < 4.78 is 0. The van der Waals surface area contributed by atoms with Gasteiger partial charge in [0.25, 0.3) is 0 Å². The third kappa shape index (κ3) is 4.72. The Morgan fingerprint density at radius 1 is 1.48 bits per heavy atom. The van der Waals surface area contributed by atoms with Crippen LogP contribution in [0, 0.1) is 0 Å². The molecule has 0 saturated carbocycles. The predicted molar refractivity (Wildman–Crippen MR) is 87.5 cm³/mol. The predicted octanol–water partition coefficient (Wildman–Crippen LogP) is 3.78. The van der Waals surface area contributed by atoms with Gasteiger partial charge in [-0.2, -0.15) is 0 Å². The minimum Gasteiger partial charge on any atom is -0.339 e. The van der Waals surface area contributed by atoms with Gasteiger partial charge in [-0.05, 0) is 50.4 Å². The molecule has 1 heterocycles. The van der Waals surface area contributed by atoms with Crippen LogP contribution in [0.2, 0.25) is 5.02 Å². The van der Waals surface area contributed by atoms with Crippen molar-refractivity contribution in [2.75, 3.05) is 13.6 Å². The molecule has 3 nitrogen and oxygen atoms in total. The van der Waals surface area contributed by atoms with E-state index in [2.05, 4.69) is 5.32 Å². The fraction of sp³-hybridized carbons (Fsp3) is 0.588. The van der Waals surface area contributed by atoms with E-state index in [1.54, 1.807) is 0 Å². The second-order valence-electron chi connectivity index (χ2n) is 5.92. The van der Waals surface area contributed by atoms with E-state index in [9.17, 15) is 4.79 Å². The van der Waals surface area contributed by atoms with Crippen LogP contribution in [-0.4, -0.2) is 30.4 Å². The van der Waals surface area contributed by atoms with Crippen molar-refractivity contribution >= 4 is 17.5 Å². The van der Waals surface area contributed by atoms with Gasteiger partial charge in [0, 0.05) is 24.5 Å². The van der Waals surface area contributed by atoms with E-state index in [1.165, 1.54) is 19.3 Å². The summed E-state index contributed by atoms with van der Waals surface area (Å²) >= 11 is 6.02. The average Bonchev–Trinajstić information content (AvgIpc) is 2.52. The zero-order valence-corrected chi connectivity index (χ0v) is 13.7. The van der Waals surface area contributed by atoms with Crippen LogP contribution in [0.4, 0.5) is 0 Å². The van der Waals surface area contributed by atoms with Gasteiger partial charge >= 0.3 is 0 Å². The summed E-state index contributed by atoms with van der Waals surface area (Å²) in [6, 6.07) is 8.29. The fourth-order valence-corrected chi connectivity index (χ4v) is 3.05. The van der Waals surface area contributed by atoms with E-state index in [0.29, 0.717) is 17.5 Å². The van der Waals surface area contributed by atoms with E-state index in [1.807, 2.05) is 43.1 Å².